The van der Waals surface area contributed by atoms with Crippen molar-refractivity contribution in [1.29, 1.82) is 5.26 Å². The summed E-state index contributed by atoms with van der Waals surface area (Å²) >= 11 is 1.50. The van der Waals surface area contributed by atoms with Crippen molar-refractivity contribution in [2.75, 3.05) is 30.3 Å². The zero-order chi connectivity index (χ0) is 14.3. The molecular formula is C13H16F2N2OS. The smallest absolute Gasteiger partial charge is 0.255 e. The van der Waals surface area contributed by atoms with E-state index in [1.54, 1.807) is 18.2 Å². The van der Waals surface area contributed by atoms with Gasteiger partial charge in [-0.15, -0.1) is 11.8 Å². The van der Waals surface area contributed by atoms with Crippen LogP contribution in [0.4, 0.5) is 14.5 Å². The Bertz CT molecular complexity index is 449. The van der Waals surface area contributed by atoms with E-state index in [4.69, 9.17) is 5.11 Å². The summed E-state index contributed by atoms with van der Waals surface area (Å²) in [6.07, 6.45) is -2.51. The van der Waals surface area contributed by atoms with Gasteiger partial charge in [0.2, 0.25) is 0 Å². The first-order chi connectivity index (χ1) is 9.13. The van der Waals surface area contributed by atoms with Crippen LogP contribution < -0.4 is 4.90 Å². The summed E-state index contributed by atoms with van der Waals surface area (Å²) in [6.45, 7) is 1.32. The Labute approximate surface area is 115 Å². The normalized spacial score (nSPS) is 10.5. The lowest BCUT2D eigenvalue weighted by Gasteiger charge is -2.25. The summed E-state index contributed by atoms with van der Waals surface area (Å²) in [5, 5.41) is 18.2. The summed E-state index contributed by atoms with van der Waals surface area (Å²) in [7, 11) is 0. The van der Waals surface area contributed by atoms with Crippen molar-refractivity contribution < 1.29 is 13.9 Å². The molecule has 0 spiro atoms. The number of thioether (sulfide) groups is 1. The molecule has 19 heavy (non-hydrogen) atoms. The van der Waals surface area contributed by atoms with Crippen LogP contribution in [0.5, 0.6) is 0 Å². The molecule has 0 unspecified atom stereocenters. The highest BCUT2D eigenvalue weighted by molar-refractivity contribution is 7.99. The van der Waals surface area contributed by atoms with Gasteiger partial charge in [0, 0.05) is 11.4 Å². The number of rotatable bonds is 7. The summed E-state index contributed by atoms with van der Waals surface area (Å²) in [4.78, 5) is 2.13. The molecular weight excluding hydrogens is 270 g/mol. The predicted octanol–water partition coefficient (Wildman–Crippen LogP) is 2.73. The molecule has 0 saturated carbocycles. The van der Waals surface area contributed by atoms with Crippen LogP contribution in [0.15, 0.2) is 23.1 Å². The van der Waals surface area contributed by atoms with Crippen LogP contribution in [0.1, 0.15) is 12.5 Å². The van der Waals surface area contributed by atoms with Gasteiger partial charge in [-0.05, 0) is 17.9 Å². The van der Waals surface area contributed by atoms with Gasteiger partial charge in [-0.3, -0.25) is 0 Å². The molecule has 0 aromatic heterocycles. The monoisotopic (exact) mass is 286 g/mol. The number of halogens is 2. The molecule has 0 heterocycles. The van der Waals surface area contributed by atoms with Crippen LogP contribution in [0.2, 0.25) is 0 Å². The molecule has 1 N–H and O–H groups in total. The SMILES string of the molecule is CCSc1cccc(N(CCO)CC(F)F)c1C#N. The van der Waals surface area contributed by atoms with E-state index in [0.717, 1.165) is 10.6 Å². The summed E-state index contributed by atoms with van der Waals surface area (Å²) in [6, 6.07) is 7.25. The zero-order valence-corrected chi connectivity index (χ0v) is 11.5. The van der Waals surface area contributed by atoms with Gasteiger partial charge in [-0.1, -0.05) is 13.0 Å². The van der Waals surface area contributed by atoms with Gasteiger partial charge in [-0.2, -0.15) is 5.26 Å². The number of nitriles is 1. The molecule has 104 valence electrons. The fraction of sp³-hybridized carbons (Fsp3) is 0.462. The minimum absolute atomic E-state index is 0.0826. The molecule has 1 rings (SSSR count). The van der Waals surface area contributed by atoms with Gasteiger partial charge in [-0.25, -0.2) is 8.78 Å². The molecule has 0 aliphatic rings. The maximum atomic E-state index is 12.6. The van der Waals surface area contributed by atoms with Crippen LogP contribution in [0.3, 0.4) is 0 Å². The number of hydrogen-bond donors (Lipinski definition) is 1. The van der Waals surface area contributed by atoms with Gasteiger partial charge >= 0.3 is 0 Å². The first kappa shape index (κ1) is 15.7. The zero-order valence-electron chi connectivity index (χ0n) is 10.6. The van der Waals surface area contributed by atoms with Crippen LogP contribution >= 0.6 is 11.8 Å². The molecule has 6 heteroatoms. The fourth-order valence-corrected chi connectivity index (χ4v) is 2.55. The van der Waals surface area contributed by atoms with Crippen LogP contribution in [0, 0.1) is 11.3 Å². The highest BCUT2D eigenvalue weighted by Gasteiger charge is 2.17. The number of aliphatic hydroxyl groups excluding tert-OH is 1. The minimum Gasteiger partial charge on any atom is -0.395 e. The number of aliphatic hydroxyl groups is 1. The van der Waals surface area contributed by atoms with Crippen molar-refractivity contribution in [1.82, 2.24) is 0 Å². The molecule has 0 amide bonds. The highest BCUT2D eigenvalue weighted by atomic mass is 32.2. The predicted molar refractivity (Wildman–Crippen MR) is 72.9 cm³/mol. The third kappa shape index (κ3) is 4.37. The quantitative estimate of drug-likeness (QED) is 0.783. The Balaban J connectivity index is 3.14. The van der Waals surface area contributed by atoms with E-state index in [1.807, 2.05) is 6.92 Å². The van der Waals surface area contributed by atoms with Crippen molar-refractivity contribution in [2.45, 2.75) is 18.2 Å². The lowest BCUT2D eigenvalue weighted by molar-refractivity contribution is 0.153. The molecule has 0 bridgehead atoms. The van der Waals surface area contributed by atoms with E-state index in [9.17, 15) is 14.0 Å². The minimum atomic E-state index is -2.51. The molecule has 3 nitrogen and oxygen atoms in total. The average molecular weight is 286 g/mol. The standard InChI is InChI=1S/C13H16F2N2OS/c1-2-19-12-5-3-4-11(10(12)8-16)17(6-7-18)9-13(14)15/h3-5,13,18H,2,6-7,9H2,1H3. The first-order valence-corrected chi connectivity index (χ1v) is 6.92. The molecule has 1 aromatic carbocycles. The number of anilines is 1. The molecule has 0 radical (unpaired) electrons. The number of nitrogens with zero attached hydrogens (tertiary/aromatic N) is 2. The van der Waals surface area contributed by atoms with Gasteiger partial charge in [0.25, 0.3) is 6.43 Å². The van der Waals surface area contributed by atoms with Crippen molar-refractivity contribution in [3.63, 3.8) is 0 Å². The van der Waals surface area contributed by atoms with Crippen molar-refractivity contribution in [3.05, 3.63) is 23.8 Å². The third-order valence-electron chi connectivity index (χ3n) is 2.48. The van der Waals surface area contributed by atoms with Crippen LogP contribution in [-0.4, -0.2) is 37.0 Å². The molecule has 0 atom stereocenters. The van der Waals surface area contributed by atoms with Crippen molar-refractivity contribution >= 4 is 17.4 Å². The first-order valence-electron chi connectivity index (χ1n) is 5.93. The van der Waals surface area contributed by atoms with Gasteiger partial charge in [0.15, 0.2) is 0 Å². The van der Waals surface area contributed by atoms with E-state index in [0.29, 0.717) is 11.3 Å². The summed E-state index contributed by atoms with van der Waals surface area (Å²) < 4.78 is 25.1. The molecule has 0 saturated heterocycles. The van der Waals surface area contributed by atoms with Crippen molar-refractivity contribution in [3.8, 4) is 6.07 Å². The third-order valence-corrected chi connectivity index (χ3v) is 3.42. The Morgan fingerprint density at radius 1 is 1.47 bits per heavy atom. The largest absolute Gasteiger partial charge is 0.395 e. The van der Waals surface area contributed by atoms with Crippen LogP contribution in [-0.2, 0) is 0 Å². The molecule has 0 aliphatic carbocycles. The topological polar surface area (TPSA) is 47.3 Å². The Kier molecular flexibility index (Phi) is 6.60. The Morgan fingerprint density at radius 3 is 2.74 bits per heavy atom. The maximum Gasteiger partial charge on any atom is 0.255 e. The van der Waals surface area contributed by atoms with Crippen LogP contribution in [0.25, 0.3) is 0 Å². The second kappa shape index (κ2) is 7.97. The van der Waals surface area contributed by atoms with E-state index >= 15 is 0 Å². The Morgan fingerprint density at radius 2 is 2.21 bits per heavy atom. The average Bonchev–Trinajstić information content (AvgIpc) is 2.38. The summed E-state index contributed by atoms with van der Waals surface area (Å²) in [5.74, 6) is 0.799. The Hall–Kier alpha value is -1.32. The lowest BCUT2D eigenvalue weighted by atomic mass is 10.1. The maximum absolute atomic E-state index is 12.6. The second-order valence-corrected chi connectivity index (χ2v) is 5.06. The lowest BCUT2D eigenvalue weighted by Crippen LogP contribution is -2.32. The van der Waals surface area contributed by atoms with Gasteiger partial charge < -0.3 is 10.0 Å². The molecule has 0 fully saturated rings. The molecule has 0 aliphatic heterocycles. The number of benzene rings is 1. The van der Waals surface area contributed by atoms with E-state index < -0.39 is 13.0 Å². The van der Waals surface area contributed by atoms with Gasteiger partial charge in [0.05, 0.1) is 24.4 Å². The fourth-order valence-electron chi connectivity index (χ4n) is 1.77. The summed E-state index contributed by atoms with van der Waals surface area (Å²) in [5.41, 5.74) is 0.846. The van der Waals surface area contributed by atoms with E-state index in [1.165, 1.54) is 16.7 Å². The van der Waals surface area contributed by atoms with E-state index in [2.05, 4.69) is 6.07 Å². The van der Waals surface area contributed by atoms with E-state index in [-0.39, 0.29) is 13.2 Å². The van der Waals surface area contributed by atoms with Gasteiger partial charge in [0.1, 0.15) is 6.07 Å². The number of alkyl halides is 2. The van der Waals surface area contributed by atoms with Crippen molar-refractivity contribution in [2.24, 2.45) is 0 Å². The number of hydrogen-bond acceptors (Lipinski definition) is 4. The second-order valence-electron chi connectivity index (χ2n) is 3.76. The molecule has 1 aromatic rings. The highest BCUT2D eigenvalue weighted by Crippen LogP contribution is 2.30.